The SMILES string of the molecule is Cc1ccc(C)c(C(=O)NCC2CCN(C(=O)NC(C)(C)C)CC2)c1. The van der Waals surface area contributed by atoms with Crippen LogP contribution in [-0.2, 0) is 0 Å². The molecule has 0 radical (unpaired) electrons. The van der Waals surface area contributed by atoms with Gasteiger partial charge in [0, 0.05) is 30.7 Å². The minimum atomic E-state index is -0.215. The molecule has 0 atom stereocenters. The van der Waals surface area contributed by atoms with Crippen LogP contribution in [-0.4, -0.2) is 42.0 Å². The van der Waals surface area contributed by atoms with Crippen molar-refractivity contribution in [3.8, 4) is 0 Å². The molecule has 138 valence electrons. The number of nitrogens with one attached hydrogen (secondary N) is 2. The molecule has 0 aliphatic carbocycles. The standard InChI is InChI=1S/C20H31N3O2/c1-14-6-7-15(2)17(12-14)18(24)21-13-16-8-10-23(11-9-16)19(25)22-20(3,4)5/h6-7,12,16H,8-11,13H2,1-5H3,(H,21,24)(H,22,25). The van der Waals surface area contributed by atoms with Gasteiger partial charge < -0.3 is 15.5 Å². The van der Waals surface area contributed by atoms with Crippen LogP contribution in [0.1, 0.15) is 55.1 Å². The van der Waals surface area contributed by atoms with Crippen molar-refractivity contribution in [1.29, 1.82) is 0 Å². The summed E-state index contributed by atoms with van der Waals surface area (Å²) >= 11 is 0. The number of carbonyl (C=O) groups is 2. The fourth-order valence-corrected chi connectivity index (χ4v) is 3.05. The summed E-state index contributed by atoms with van der Waals surface area (Å²) in [5.41, 5.74) is 2.63. The summed E-state index contributed by atoms with van der Waals surface area (Å²) in [5.74, 6) is 0.418. The molecule has 0 aromatic heterocycles. The van der Waals surface area contributed by atoms with E-state index >= 15 is 0 Å². The Balaban J connectivity index is 1.79. The minimum absolute atomic E-state index is 0.00497. The molecular formula is C20H31N3O2. The number of rotatable bonds is 3. The summed E-state index contributed by atoms with van der Waals surface area (Å²) in [6, 6.07) is 5.94. The van der Waals surface area contributed by atoms with Gasteiger partial charge in [0.2, 0.25) is 0 Å². The highest BCUT2D eigenvalue weighted by atomic mass is 16.2. The molecule has 2 N–H and O–H groups in total. The number of carbonyl (C=O) groups excluding carboxylic acids is 2. The van der Waals surface area contributed by atoms with Crippen molar-refractivity contribution in [2.45, 2.75) is 53.0 Å². The van der Waals surface area contributed by atoms with Crippen molar-refractivity contribution in [2.24, 2.45) is 5.92 Å². The summed E-state index contributed by atoms with van der Waals surface area (Å²) in [4.78, 5) is 26.5. The van der Waals surface area contributed by atoms with Crippen LogP contribution >= 0.6 is 0 Å². The lowest BCUT2D eigenvalue weighted by Gasteiger charge is -2.34. The van der Waals surface area contributed by atoms with Crippen LogP contribution in [0.25, 0.3) is 0 Å². The third-order valence-corrected chi connectivity index (χ3v) is 4.57. The summed E-state index contributed by atoms with van der Waals surface area (Å²) in [6.07, 6.45) is 1.84. The second-order valence-electron chi connectivity index (χ2n) is 8.14. The first kappa shape index (κ1) is 19.3. The molecule has 5 nitrogen and oxygen atoms in total. The molecule has 3 amide bonds. The second kappa shape index (κ2) is 7.89. The molecule has 1 fully saturated rings. The fourth-order valence-electron chi connectivity index (χ4n) is 3.05. The van der Waals surface area contributed by atoms with Crippen molar-refractivity contribution in [2.75, 3.05) is 19.6 Å². The maximum absolute atomic E-state index is 12.4. The number of hydrogen-bond donors (Lipinski definition) is 2. The number of benzene rings is 1. The predicted molar refractivity (Wildman–Crippen MR) is 101 cm³/mol. The molecule has 1 aliphatic heterocycles. The van der Waals surface area contributed by atoms with Crippen LogP contribution in [0, 0.1) is 19.8 Å². The van der Waals surface area contributed by atoms with E-state index in [1.807, 2.05) is 57.7 Å². The monoisotopic (exact) mass is 345 g/mol. The van der Waals surface area contributed by atoms with Crippen LogP contribution in [0.3, 0.4) is 0 Å². The Morgan fingerprint density at radius 3 is 2.40 bits per heavy atom. The van der Waals surface area contributed by atoms with Gasteiger partial charge in [-0.1, -0.05) is 17.7 Å². The highest BCUT2D eigenvalue weighted by molar-refractivity contribution is 5.95. The Morgan fingerprint density at radius 1 is 1.16 bits per heavy atom. The largest absolute Gasteiger partial charge is 0.352 e. The van der Waals surface area contributed by atoms with Gasteiger partial charge in [0.05, 0.1) is 0 Å². The van der Waals surface area contributed by atoms with E-state index in [0.717, 1.165) is 42.6 Å². The lowest BCUT2D eigenvalue weighted by Crippen LogP contribution is -2.51. The van der Waals surface area contributed by atoms with Gasteiger partial charge in [0.1, 0.15) is 0 Å². The van der Waals surface area contributed by atoms with Crippen molar-refractivity contribution in [3.05, 3.63) is 34.9 Å². The fraction of sp³-hybridized carbons (Fsp3) is 0.600. The van der Waals surface area contributed by atoms with Gasteiger partial charge in [-0.05, 0) is 65.0 Å². The number of likely N-dealkylation sites (tertiary alicyclic amines) is 1. The first-order chi connectivity index (χ1) is 11.7. The third kappa shape index (κ3) is 5.76. The minimum Gasteiger partial charge on any atom is -0.352 e. The average molecular weight is 345 g/mol. The predicted octanol–water partition coefficient (Wildman–Crippen LogP) is 3.25. The number of aryl methyl sites for hydroxylation is 2. The van der Waals surface area contributed by atoms with Gasteiger partial charge in [-0.15, -0.1) is 0 Å². The Kier molecular flexibility index (Phi) is 6.09. The van der Waals surface area contributed by atoms with E-state index in [1.54, 1.807) is 0 Å². The number of piperidine rings is 1. The zero-order valence-electron chi connectivity index (χ0n) is 16.1. The first-order valence-corrected chi connectivity index (χ1v) is 9.08. The molecule has 0 unspecified atom stereocenters. The molecule has 0 saturated carbocycles. The molecule has 1 saturated heterocycles. The second-order valence-corrected chi connectivity index (χ2v) is 8.14. The Labute approximate surface area is 151 Å². The van der Waals surface area contributed by atoms with Gasteiger partial charge in [-0.3, -0.25) is 4.79 Å². The molecule has 2 rings (SSSR count). The zero-order chi connectivity index (χ0) is 18.6. The van der Waals surface area contributed by atoms with E-state index in [1.165, 1.54) is 0 Å². The Bertz CT molecular complexity index is 626. The van der Waals surface area contributed by atoms with E-state index in [-0.39, 0.29) is 17.5 Å². The highest BCUT2D eigenvalue weighted by Gasteiger charge is 2.25. The van der Waals surface area contributed by atoms with E-state index in [0.29, 0.717) is 12.5 Å². The number of nitrogens with zero attached hydrogens (tertiary/aromatic N) is 1. The molecule has 25 heavy (non-hydrogen) atoms. The van der Waals surface area contributed by atoms with Crippen LogP contribution in [0.5, 0.6) is 0 Å². The van der Waals surface area contributed by atoms with Crippen LogP contribution in [0.4, 0.5) is 4.79 Å². The third-order valence-electron chi connectivity index (χ3n) is 4.57. The van der Waals surface area contributed by atoms with Crippen LogP contribution < -0.4 is 10.6 Å². The van der Waals surface area contributed by atoms with Gasteiger partial charge in [0.15, 0.2) is 0 Å². The van der Waals surface area contributed by atoms with Crippen LogP contribution in [0.2, 0.25) is 0 Å². The first-order valence-electron chi connectivity index (χ1n) is 9.08. The topological polar surface area (TPSA) is 61.4 Å². The van der Waals surface area contributed by atoms with Crippen molar-refractivity contribution in [1.82, 2.24) is 15.5 Å². The van der Waals surface area contributed by atoms with Gasteiger partial charge in [-0.2, -0.15) is 0 Å². The smallest absolute Gasteiger partial charge is 0.317 e. The maximum Gasteiger partial charge on any atom is 0.317 e. The van der Waals surface area contributed by atoms with E-state index in [2.05, 4.69) is 10.6 Å². The van der Waals surface area contributed by atoms with Crippen molar-refractivity contribution < 1.29 is 9.59 Å². The maximum atomic E-state index is 12.4. The number of urea groups is 1. The molecule has 1 heterocycles. The van der Waals surface area contributed by atoms with E-state index in [9.17, 15) is 9.59 Å². The normalized spacial score (nSPS) is 15.8. The molecular weight excluding hydrogens is 314 g/mol. The summed E-state index contributed by atoms with van der Waals surface area (Å²) < 4.78 is 0. The van der Waals surface area contributed by atoms with Crippen molar-refractivity contribution >= 4 is 11.9 Å². The van der Waals surface area contributed by atoms with Crippen molar-refractivity contribution in [3.63, 3.8) is 0 Å². The molecule has 1 aliphatic rings. The number of amides is 3. The van der Waals surface area contributed by atoms with E-state index in [4.69, 9.17) is 0 Å². The van der Waals surface area contributed by atoms with Gasteiger partial charge in [0.25, 0.3) is 5.91 Å². The summed E-state index contributed by atoms with van der Waals surface area (Å²) in [5, 5.41) is 6.07. The average Bonchev–Trinajstić information content (AvgIpc) is 2.53. The van der Waals surface area contributed by atoms with E-state index < -0.39 is 0 Å². The zero-order valence-corrected chi connectivity index (χ0v) is 16.1. The summed E-state index contributed by atoms with van der Waals surface area (Å²) in [6.45, 7) is 12.1. The lowest BCUT2D eigenvalue weighted by molar-refractivity contribution is 0.0936. The summed E-state index contributed by atoms with van der Waals surface area (Å²) in [7, 11) is 0. The quantitative estimate of drug-likeness (QED) is 0.883. The van der Waals surface area contributed by atoms with Crippen LogP contribution in [0.15, 0.2) is 18.2 Å². The van der Waals surface area contributed by atoms with Gasteiger partial charge >= 0.3 is 6.03 Å². The Morgan fingerprint density at radius 2 is 1.80 bits per heavy atom. The highest BCUT2D eigenvalue weighted by Crippen LogP contribution is 2.18. The molecule has 0 spiro atoms. The van der Waals surface area contributed by atoms with Gasteiger partial charge in [-0.25, -0.2) is 4.79 Å². The molecule has 1 aromatic rings. The molecule has 0 bridgehead atoms. The number of hydrogen-bond acceptors (Lipinski definition) is 2. The lowest BCUT2D eigenvalue weighted by atomic mass is 9.96. The Hall–Kier alpha value is -2.04. The molecule has 1 aromatic carbocycles. The molecule has 5 heteroatoms.